The summed E-state index contributed by atoms with van der Waals surface area (Å²) < 4.78 is 60.8. The minimum Gasteiger partial charge on any atom is -0.496 e. The Kier molecular flexibility index (Phi) is 7.99. The van der Waals surface area contributed by atoms with Crippen molar-refractivity contribution in [2.45, 2.75) is 36.5 Å². The van der Waals surface area contributed by atoms with Gasteiger partial charge in [-0.25, -0.2) is 31.5 Å². The Morgan fingerprint density at radius 3 is 2.29 bits per heavy atom. The van der Waals surface area contributed by atoms with E-state index in [1.165, 1.54) is 60.1 Å². The number of carbonyl (C=O) groups is 1. The Bertz CT molecular complexity index is 1530. The maximum absolute atomic E-state index is 13.2. The van der Waals surface area contributed by atoms with E-state index >= 15 is 0 Å². The number of hydrogen-bond acceptors (Lipinski definition) is 8. The number of hydrogen-bond donors (Lipinski definition) is 2. The van der Waals surface area contributed by atoms with Gasteiger partial charge in [0.1, 0.15) is 5.75 Å². The van der Waals surface area contributed by atoms with Crippen LogP contribution in [0.15, 0.2) is 64.5 Å². The number of aryl methyl sites for hydroxylation is 1. The number of ether oxygens (including phenoxy) is 1. The smallest absolute Gasteiger partial charge is 0.264 e. The van der Waals surface area contributed by atoms with E-state index in [0.717, 1.165) is 12.8 Å². The van der Waals surface area contributed by atoms with Crippen LogP contribution in [0.1, 0.15) is 35.8 Å². The second-order valence-corrected chi connectivity index (χ2v) is 12.7. The summed E-state index contributed by atoms with van der Waals surface area (Å²) in [5.74, 6) is 0.0124. The number of anilines is 2. The zero-order valence-electron chi connectivity index (χ0n) is 21.2. The molecule has 0 spiro atoms. The minimum atomic E-state index is -3.95. The first kappa shape index (κ1) is 27.5. The van der Waals surface area contributed by atoms with Crippen LogP contribution in [0, 0.1) is 12.8 Å². The van der Waals surface area contributed by atoms with Crippen LogP contribution in [-0.4, -0.2) is 57.2 Å². The number of piperidine rings is 1. The molecule has 11 nitrogen and oxygen atoms in total. The minimum absolute atomic E-state index is 0.00360. The highest BCUT2D eigenvalue weighted by atomic mass is 32.2. The number of nitrogens with one attached hydrogen (secondary N) is 2. The van der Waals surface area contributed by atoms with E-state index in [1.54, 1.807) is 13.0 Å². The predicted molar refractivity (Wildman–Crippen MR) is 142 cm³/mol. The number of aromatic nitrogens is 2. The molecular weight excluding hydrogens is 530 g/mol. The molecule has 2 aromatic carbocycles. The zero-order chi connectivity index (χ0) is 27.5. The van der Waals surface area contributed by atoms with Crippen LogP contribution < -0.4 is 14.8 Å². The predicted octanol–water partition coefficient (Wildman–Crippen LogP) is 3.27. The van der Waals surface area contributed by atoms with Crippen LogP contribution in [0.5, 0.6) is 5.75 Å². The van der Waals surface area contributed by atoms with Gasteiger partial charge in [-0.15, -0.1) is 0 Å². The Balaban J connectivity index is 1.52. The molecular formula is C25H29N5O6S2. The third-order valence-electron chi connectivity index (χ3n) is 6.24. The summed E-state index contributed by atoms with van der Waals surface area (Å²) in [5, 5.41) is 2.67. The monoisotopic (exact) mass is 559 g/mol. The SMILES string of the molecule is COc1ccc(S(=O)(=O)N2CCC(C)CC2)cc1C(=O)Nc1ccc(S(=O)(=O)Nc2nccc(C)n2)cc1. The van der Waals surface area contributed by atoms with E-state index in [2.05, 4.69) is 26.9 Å². The number of nitrogens with zero attached hydrogens (tertiary/aromatic N) is 3. The average Bonchev–Trinajstić information content (AvgIpc) is 2.88. The number of amides is 1. The van der Waals surface area contributed by atoms with Gasteiger partial charge >= 0.3 is 0 Å². The number of sulfonamides is 2. The molecule has 0 atom stereocenters. The van der Waals surface area contributed by atoms with E-state index in [-0.39, 0.29) is 27.1 Å². The van der Waals surface area contributed by atoms with Gasteiger partial charge in [-0.1, -0.05) is 6.92 Å². The number of rotatable bonds is 8. The van der Waals surface area contributed by atoms with Crippen LogP contribution in [0.3, 0.4) is 0 Å². The molecule has 1 aliphatic rings. The fourth-order valence-corrected chi connectivity index (χ4v) is 6.44. The van der Waals surface area contributed by atoms with Crippen LogP contribution in [0.2, 0.25) is 0 Å². The Morgan fingerprint density at radius 2 is 1.66 bits per heavy atom. The molecule has 4 rings (SSSR count). The highest BCUT2D eigenvalue weighted by molar-refractivity contribution is 7.92. The number of carbonyl (C=O) groups excluding carboxylic acids is 1. The summed E-state index contributed by atoms with van der Waals surface area (Å²) in [6, 6.07) is 11.3. The quantitative estimate of drug-likeness (QED) is 0.427. The van der Waals surface area contributed by atoms with Gasteiger partial charge < -0.3 is 10.1 Å². The maximum Gasteiger partial charge on any atom is 0.264 e. The van der Waals surface area contributed by atoms with Crippen molar-refractivity contribution in [2.75, 3.05) is 30.2 Å². The fraction of sp³-hybridized carbons (Fsp3) is 0.320. The van der Waals surface area contributed by atoms with E-state index in [9.17, 15) is 21.6 Å². The summed E-state index contributed by atoms with van der Waals surface area (Å²) in [4.78, 5) is 21.0. The molecule has 2 heterocycles. The summed E-state index contributed by atoms with van der Waals surface area (Å²) >= 11 is 0. The lowest BCUT2D eigenvalue weighted by Gasteiger charge is -2.29. The Morgan fingerprint density at radius 1 is 1.00 bits per heavy atom. The molecule has 2 N–H and O–H groups in total. The standard InChI is InChI=1S/C25H29N5O6S2/c1-17-11-14-30(15-12-17)38(34,35)21-8-9-23(36-3)22(16-21)24(31)28-19-4-6-20(7-5-19)37(32,33)29-25-26-13-10-18(2)27-25/h4-10,13,16-17H,11-12,14-15H2,1-3H3,(H,28,31)(H,26,27,29). The van der Waals surface area contributed by atoms with Gasteiger partial charge in [0.2, 0.25) is 16.0 Å². The molecule has 1 aliphatic heterocycles. The van der Waals surface area contributed by atoms with Crippen molar-refractivity contribution in [3.8, 4) is 5.75 Å². The van der Waals surface area contributed by atoms with Gasteiger partial charge in [-0.2, -0.15) is 4.31 Å². The molecule has 1 fully saturated rings. The Hall–Kier alpha value is -3.55. The van der Waals surface area contributed by atoms with Gasteiger partial charge in [-0.05, 0) is 74.2 Å². The first-order chi connectivity index (χ1) is 18.0. The normalized spacial score (nSPS) is 15.1. The maximum atomic E-state index is 13.2. The van der Waals surface area contributed by atoms with Crippen molar-refractivity contribution in [1.29, 1.82) is 0 Å². The highest BCUT2D eigenvalue weighted by Crippen LogP contribution is 2.28. The molecule has 0 bridgehead atoms. The second-order valence-electron chi connectivity index (χ2n) is 9.05. The van der Waals surface area contributed by atoms with Crippen LogP contribution in [0.25, 0.3) is 0 Å². The summed E-state index contributed by atoms with van der Waals surface area (Å²) in [7, 11) is -6.34. The van der Waals surface area contributed by atoms with Crippen molar-refractivity contribution in [3.05, 3.63) is 66.0 Å². The lowest BCUT2D eigenvalue weighted by atomic mass is 10.0. The van der Waals surface area contributed by atoms with Crippen LogP contribution in [0.4, 0.5) is 11.6 Å². The van der Waals surface area contributed by atoms with Gasteiger partial charge in [0.25, 0.3) is 15.9 Å². The molecule has 0 aliphatic carbocycles. The highest BCUT2D eigenvalue weighted by Gasteiger charge is 2.29. The fourth-order valence-electron chi connectivity index (χ4n) is 3.99. The average molecular weight is 560 g/mol. The molecule has 0 saturated carbocycles. The molecule has 13 heteroatoms. The molecule has 202 valence electrons. The summed E-state index contributed by atoms with van der Waals surface area (Å²) in [6.07, 6.45) is 3.00. The van der Waals surface area contributed by atoms with E-state index in [1.807, 2.05) is 0 Å². The topological polar surface area (TPSA) is 148 Å². The van der Waals surface area contributed by atoms with Crippen molar-refractivity contribution in [1.82, 2.24) is 14.3 Å². The molecule has 3 aromatic rings. The lowest BCUT2D eigenvalue weighted by Crippen LogP contribution is -2.37. The van der Waals surface area contributed by atoms with E-state index in [4.69, 9.17) is 4.74 Å². The molecule has 38 heavy (non-hydrogen) atoms. The van der Waals surface area contributed by atoms with Crippen LogP contribution in [-0.2, 0) is 20.0 Å². The largest absolute Gasteiger partial charge is 0.496 e. The lowest BCUT2D eigenvalue weighted by molar-refractivity contribution is 0.102. The molecule has 1 amide bonds. The second kappa shape index (κ2) is 11.1. The third kappa shape index (κ3) is 6.11. The number of benzene rings is 2. The third-order valence-corrected chi connectivity index (χ3v) is 9.48. The van der Waals surface area contributed by atoms with Gasteiger partial charge in [0.05, 0.1) is 22.5 Å². The van der Waals surface area contributed by atoms with Gasteiger partial charge in [-0.3, -0.25) is 4.79 Å². The molecule has 0 radical (unpaired) electrons. The number of methoxy groups -OCH3 is 1. The van der Waals surface area contributed by atoms with E-state index < -0.39 is 26.0 Å². The molecule has 1 saturated heterocycles. The van der Waals surface area contributed by atoms with Crippen molar-refractivity contribution in [3.63, 3.8) is 0 Å². The summed E-state index contributed by atoms with van der Waals surface area (Å²) in [5.41, 5.74) is 0.948. The Labute approximate surface area is 222 Å². The van der Waals surface area contributed by atoms with Crippen molar-refractivity contribution < 1.29 is 26.4 Å². The van der Waals surface area contributed by atoms with Crippen molar-refractivity contribution in [2.24, 2.45) is 5.92 Å². The van der Waals surface area contributed by atoms with Crippen molar-refractivity contribution >= 4 is 37.6 Å². The molecule has 1 aromatic heterocycles. The van der Waals surface area contributed by atoms with Gasteiger partial charge in [0, 0.05) is 30.7 Å². The molecule has 0 unspecified atom stereocenters. The first-order valence-corrected chi connectivity index (χ1v) is 14.8. The van der Waals surface area contributed by atoms with E-state index in [0.29, 0.717) is 30.4 Å². The van der Waals surface area contributed by atoms with Gasteiger partial charge in [0.15, 0.2) is 0 Å². The zero-order valence-corrected chi connectivity index (χ0v) is 22.8. The van der Waals surface area contributed by atoms with Crippen LogP contribution >= 0.6 is 0 Å². The summed E-state index contributed by atoms with van der Waals surface area (Å²) in [6.45, 7) is 4.66. The first-order valence-electron chi connectivity index (χ1n) is 11.9.